The van der Waals surface area contributed by atoms with Crippen molar-refractivity contribution in [3.63, 3.8) is 0 Å². The second-order valence-corrected chi connectivity index (χ2v) is 5.04. The molecule has 0 amide bonds. The van der Waals surface area contributed by atoms with Gasteiger partial charge < -0.3 is 13.8 Å². The molecule has 0 radical (unpaired) electrons. The van der Waals surface area contributed by atoms with Gasteiger partial charge in [-0.2, -0.15) is 0 Å². The summed E-state index contributed by atoms with van der Waals surface area (Å²) in [4.78, 5) is 11.4. The number of hydrogen-bond donors (Lipinski definition) is 0. The molecule has 0 aromatic rings. The first-order chi connectivity index (χ1) is 7.05. The van der Waals surface area contributed by atoms with Gasteiger partial charge in [0, 0.05) is 0 Å². The summed E-state index contributed by atoms with van der Waals surface area (Å²) >= 11 is 0. The van der Waals surface area contributed by atoms with Gasteiger partial charge in [-0.1, -0.05) is 6.92 Å². The van der Waals surface area contributed by atoms with E-state index in [0.29, 0.717) is 6.42 Å². The van der Waals surface area contributed by atoms with Crippen LogP contribution in [0.1, 0.15) is 27.2 Å². The smallest absolute Gasteiger partial charge is 0.344 e. The van der Waals surface area contributed by atoms with Crippen LogP contribution in [-0.4, -0.2) is 32.0 Å². The van der Waals surface area contributed by atoms with Crippen molar-refractivity contribution in [2.45, 2.75) is 32.9 Å². The average Bonchev–Trinajstić information content (AvgIpc) is 2.19. The number of esters is 1. The van der Waals surface area contributed by atoms with Crippen LogP contribution in [0.25, 0.3) is 0 Å². The third-order valence-corrected chi connectivity index (χ3v) is 4.44. The van der Waals surface area contributed by atoms with Crippen molar-refractivity contribution in [1.29, 1.82) is 0 Å². The van der Waals surface area contributed by atoms with Crippen molar-refractivity contribution in [3.05, 3.63) is 0 Å². The van der Waals surface area contributed by atoms with Gasteiger partial charge in [-0.25, -0.2) is 0 Å². The molecule has 1 atom stereocenters. The number of rotatable bonds is 7. The molecule has 0 bridgehead atoms. The Hall–Kier alpha value is -0.380. The number of methoxy groups -OCH3 is 1. The molecule has 0 aliphatic rings. The molecule has 0 fully saturated rings. The van der Waals surface area contributed by atoms with E-state index < -0.39 is 19.2 Å². The monoisotopic (exact) mass is 238 g/mol. The highest BCUT2D eigenvalue weighted by atomic mass is 31.2. The van der Waals surface area contributed by atoms with Crippen LogP contribution < -0.4 is 0 Å². The van der Waals surface area contributed by atoms with Crippen LogP contribution in [0, 0.1) is 0 Å². The van der Waals surface area contributed by atoms with Crippen LogP contribution >= 0.6 is 7.60 Å². The molecule has 15 heavy (non-hydrogen) atoms. The number of ether oxygens (including phenoxy) is 1. The molecule has 0 rings (SSSR count). The molecule has 5 nitrogen and oxygen atoms in total. The first kappa shape index (κ1) is 14.6. The third-order valence-electron chi connectivity index (χ3n) is 1.86. The maximum absolute atomic E-state index is 12.2. The summed E-state index contributed by atoms with van der Waals surface area (Å²) in [7, 11) is -2.12. The van der Waals surface area contributed by atoms with Gasteiger partial charge in [-0.15, -0.1) is 0 Å². The number of carbonyl (C=O) groups is 1. The molecule has 0 aromatic carbocycles. The highest BCUT2D eigenvalue weighted by Crippen LogP contribution is 2.54. The summed E-state index contributed by atoms with van der Waals surface area (Å²) in [5.74, 6) is -0.553. The molecule has 90 valence electrons. The Balaban J connectivity index is 4.84. The predicted octanol–water partition coefficient (Wildman–Crippen LogP) is 2.20. The van der Waals surface area contributed by atoms with E-state index >= 15 is 0 Å². The van der Waals surface area contributed by atoms with Gasteiger partial charge in [0.2, 0.25) is 0 Å². The van der Waals surface area contributed by atoms with Gasteiger partial charge in [-0.3, -0.25) is 9.36 Å². The molecule has 0 saturated heterocycles. The zero-order chi connectivity index (χ0) is 11.9. The van der Waals surface area contributed by atoms with Gasteiger partial charge in [-0.05, 0) is 20.3 Å². The standard InChI is InChI=1S/C9H19O5P/c1-5-8(9(10)12-4)15(11,13-6-2)14-7-3/h8H,5-7H2,1-4H3. The first-order valence-corrected chi connectivity index (χ1v) is 6.63. The Labute approximate surface area is 90.6 Å². The molecular weight excluding hydrogens is 219 g/mol. The normalized spacial score (nSPS) is 13.6. The van der Waals surface area contributed by atoms with Crippen LogP contribution in [0.4, 0.5) is 0 Å². The Morgan fingerprint density at radius 2 is 1.67 bits per heavy atom. The zero-order valence-electron chi connectivity index (χ0n) is 9.69. The van der Waals surface area contributed by atoms with Gasteiger partial charge >= 0.3 is 13.6 Å². The van der Waals surface area contributed by atoms with Crippen LogP contribution in [-0.2, 0) is 23.1 Å². The lowest BCUT2D eigenvalue weighted by atomic mass is 10.3. The summed E-state index contributed by atoms with van der Waals surface area (Å²) < 4.78 is 26.9. The fourth-order valence-electron chi connectivity index (χ4n) is 1.23. The second-order valence-electron chi connectivity index (χ2n) is 2.82. The van der Waals surface area contributed by atoms with E-state index in [4.69, 9.17) is 9.05 Å². The minimum absolute atomic E-state index is 0.241. The Bertz CT molecular complexity index is 231. The largest absolute Gasteiger partial charge is 0.468 e. The quantitative estimate of drug-likeness (QED) is 0.502. The lowest BCUT2D eigenvalue weighted by Crippen LogP contribution is -2.24. The van der Waals surface area contributed by atoms with Gasteiger partial charge in [0.1, 0.15) is 0 Å². The maximum atomic E-state index is 12.2. The van der Waals surface area contributed by atoms with Crippen LogP contribution in [0.3, 0.4) is 0 Å². The molecule has 0 aliphatic carbocycles. The Morgan fingerprint density at radius 1 is 1.20 bits per heavy atom. The lowest BCUT2D eigenvalue weighted by Gasteiger charge is -2.23. The molecule has 0 N–H and O–H groups in total. The Kier molecular flexibility index (Phi) is 6.81. The minimum Gasteiger partial charge on any atom is -0.468 e. The van der Waals surface area contributed by atoms with Crippen molar-refractivity contribution in [2.75, 3.05) is 20.3 Å². The van der Waals surface area contributed by atoms with Crippen molar-refractivity contribution in [1.82, 2.24) is 0 Å². The average molecular weight is 238 g/mol. The summed E-state index contributed by atoms with van der Waals surface area (Å²) in [6.07, 6.45) is 0.365. The zero-order valence-corrected chi connectivity index (χ0v) is 10.6. The highest BCUT2D eigenvalue weighted by molar-refractivity contribution is 7.55. The summed E-state index contributed by atoms with van der Waals surface area (Å²) in [5, 5.41) is 0. The predicted molar refractivity (Wildman–Crippen MR) is 57.0 cm³/mol. The summed E-state index contributed by atoms with van der Waals surface area (Å²) in [6, 6.07) is 0. The van der Waals surface area contributed by atoms with Crippen molar-refractivity contribution in [3.8, 4) is 0 Å². The van der Waals surface area contributed by atoms with E-state index in [2.05, 4.69) is 4.74 Å². The van der Waals surface area contributed by atoms with E-state index in [1.54, 1.807) is 20.8 Å². The number of carbonyl (C=O) groups excluding carboxylic acids is 1. The molecule has 0 saturated carbocycles. The maximum Gasteiger partial charge on any atom is 0.344 e. The minimum atomic E-state index is -3.38. The molecule has 1 unspecified atom stereocenters. The highest BCUT2D eigenvalue weighted by Gasteiger charge is 2.40. The van der Waals surface area contributed by atoms with Crippen molar-refractivity contribution >= 4 is 13.6 Å². The van der Waals surface area contributed by atoms with Crippen molar-refractivity contribution < 1.29 is 23.1 Å². The first-order valence-electron chi connectivity index (χ1n) is 5.02. The number of hydrogen-bond acceptors (Lipinski definition) is 5. The second kappa shape index (κ2) is 6.99. The van der Waals surface area contributed by atoms with Gasteiger partial charge in [0.15, 0.2) is 5.66 Å². The van der Waals surface area contributed by atoms with Gasteiger partial charge in [0.05, 0.1) is 20.3 Å². The molecule has 6 heteroatoms. The summed E-state index contributed by atoms with van der Waals surface area (Å²) in [5.41, 5.74) is -0.831. The third kappa shape index (κ3) is 3.93. The van der Waals surface area contributed by atoms with E-state index in [0.717, 1.165) is 0 Å². The molecule has 0 aromatic heterocycles. The molecule has 0 aliphatic heterocycles. The molecule has 0 heterocycles. The topological polar surface area (TPSA) is 61.8 Å². The lowest BCUT2D eigenvalue weighted by molar-refractivity contribution is -0.140. The molecular formula is C9H19O5P. The Morgan fingerprint density at radius 3 is 1.93 bits per heavy atom. The fraction of sp³-hybridized carbons (Fsp3) is 0.889. The van der Waals surface area contributed by atoms with Crippen LogP contribution in [0.5, 0.6) is 0 Å². The summed E-state index contributed by atoms with van der Waals surface area (Å²) in [6.45, 7) is 5.63. The van der Waals surface area contributed by atoms with E-state index in [1.165, 1.54) is 7.11 Å². The van der Waals surface area contributed by atoms with E-state index in [1.807, 2.05) is 0 Å². The van der Waals surface area contributed by atoms with E-state index in [-0.39, 0.29) is 13.2 Å². The van der Waals surface area contributed by atoms with Crippen LogP contribution in [0.2, 0.25) is 0 Å². The van der Waals surface area contributed by atoms with E-state index in [9.17, 15) is 9.36 Å². The van der Waals surface area contributed by atoms with Crippen LogP contribution in [0.15, 0.2) is 0 Å². The van der Waals surface area contributed by atoms with Gasteiger partial charge in [0.25, 0.3) is 0 Å². The SMILES string of the molecule is CCOP(=O)(OCC)C(CC)C(=O)OC. The molecule has 0 spiro atoms. The fourth-order valence-corrected chi connectivity index (χ4v) is 3.20. The van der Waals surface area contributed by atoms with Crippen molar-refractivity contribution in [2.24, 2.45) is 0 Å².